The number of rotatable bonds is 4. The standard InChI is InChI=1S/C14H17BrN2O3S/c1-8(9-3-4-9)17-7-10-5-11(15)6-12(13(10)14(17)18)21(19,20)16-2/h5-6,8-9,16H,3-4,7H2,1-2H3. The van der Waals surface area contributed by atoms with Crippen LogP contribution in [0, 0.1) is 5.92 Å². The molecule has 1 fully saturated rings. The Kier molecular flexibility index (Phi) is 3.62. The van der Waals surface area contributed by atoms with Crippen molar-refractivity contribution in [3.63, 3.8) is 0 Å². The van der Waals surface area contributed by atoms with Crippen LogP contribution < -0.4 is 4.72 Å². The summed E-state index contributed by atoms with van der Waals surface area (Å²) in [7, 11) is -2.31. The Morgan fingerprint density at radius 1 is 1.38 bits per heavy atom. The van der Waals surface area contributed by atoms with Crippen molar-refractivity contribution in [1.82, 2.24) is 9.62 Å². The van der Waals surface area contributed by atoms with E-state index in [1.165, 1.54) is 13.1 Å². The van der Waals surface area contributed by atoms with Gasteiger partial charge in [-0.15, -0.1) is 0 Å². The lowest BCUT2D eigenvalue weighted by Crippen LogP contribution is -2.35. The van der Waals surface area contributed by atoms with Crippen LogP contribution in [0.2, 0.25) is 0 Å². The summed E-state index contributed by atoms with van der Waals surface area (Å²) in [5, 5.41) is 0. The number of nitrogens with one attached hydrogen (secondary N) is 1. The van der Waals surface area contributed by atoms with Crippen LogP contribution in [0.3, 0.4) is 0 Å². The second kappa shape index (κ2) is 5.07. The molecule has 1 aromatic rings. The summed E-state index contributed by atoms with van der Waals surface area (Å²) in [6.07, 6.45) is 2.29. The molecule has 1 aliphatic heterocycles. The van der Waals surface area contributed by atoms with E-state index >= 15 is 0 Å². The van der Waals surface area contributed by atoms with E-state index in [4.69, 9.17) is 0 Å². The molecule has 1 unspecified atom stereocenters. The van der Waals surface area contributed by atoms with Gasteiger partial charge in [0.1, 0.15) is 0 Å². The van der Waals surface area contributed by atoms with Crippen molar-refractivity contribution in [1.29, 1.82) is 0 Å². The number of hydrogen-bond donors (Lipinski definition) is 1. The van der Waals surface area contributed by atoms with Crippen molar-refractivity contribution in [3.8, 4) is 0 Å². The third-order valence-electron chi connectivity index (χ3n) is 4.32. The van der Waals surface area contributed by atoms with Crippen molar-refractivity contribution in [3.05, 3.63) is 27.7 Å². The topological polar surface area (TPSA) is 66.5 Å². The van der Waals surface area contributed by atoms with Crippen LogP contribution >= 0.6 is 15.9 Å². The summed E-state index contributed by atoms with van der Waals surface area (Å²) in [4.78, 5) is 14.5. The molecule has 1 atom stereocenters. The Labute approximate surface area is 132 Å². The number of sulfonamides is 1. The number of fused-ring (bicyclic) bond motifs is 1. The highest BCUT2D eigenvalue weighted by atomic mass is 79.9. The molecule has 2 aliphatic rings. The van der Waals surface area contributed by atoms with E-state index in [2.05, 4.69) is 20.7 Å². The van der Waals surface area contributed by atoms with Gasteiger partial charge in [-0.2, -0.15) is 0 Å². The first-order valence-corrected chi connectivity index (χ1v) is 9.19. The van der Waals surface area contributed by atoms with Crippen LogP contribution in [0.5, 0.6) is 0 Å². The Bertz CT molecular complexity index is 713. The molecule has 1 aliphatic carbocycles. The SMILES string of the molecule is CNS(=O)(=O)c1cc(Br)cc2c1C(=O)N(C(C)C1CC1)C2. The normalized spacial score (nSPS) is 19.8. The van der Waals surface area contributed by atoms with E-state index in [-0.39, 0.29) is 16.8 Å². The number of benzene rings is 1. The molecule has 114 valence electrons. The molecule has 0 bridgehead atoms. The third kappa shape index (κ3) is 2.51. The van der Waals surface area contributed by atoms with Gasteiger partial charge in [-0.3, -0.25) is 4.79 Å². The summed E-state index contributed by atoms with van der Waals surface area (Å²) in [5.74, 6) is 0.377. The number of nitrogens with zero attached hydrogens (tertiary/aromatic N) is 1. The highest BCUT2D eigenvalue weighted by Gasteiger charge is 2.41. The smallest absolute Gasteiger partial charge is 0.256 e. The number of hydrogen-bond acceptors (Lipinski definition) is 3. The lowest BCUT2D eigenvalue weighted by Gasteiger charge is -2.24. The zero-order chi connectivity index (χ0) is 15.4. The predicted octanol–water partition coefficient (Wildman–Crippen LogP) is 2.11. The Morgan fingerprint density at radius 3 is 2.62 bits per heavy atom. The van der Waals surface area contributed by atoms with Crippen LogP contribution in [0.4, 0.5) is 0 Å². The van der Waals surface area contributed by atoms with E-state index < -0.39 is 10.0 Å². The average molecular weight is 373 g/mol. The molecule has 1 amide bonds. The second-order valence-corrected chi connectivity index (χ2v) is 8.43. The molecule has 7 heteroatoms. The highest BCUT2D eigenvalue weighted by Crippen LogP contribution is 2.40. The maximum Gasteiger partial charge on any atom is 0.256 e. The highest BCUT2D eigenvalue weighted by molar-refractivity contribution is 9.10. The van der Waals surface area contributed by atoms with Gasteiger partial charge in [-0.05, 0) is 50.4 Å². The van der Waals surface area contributed by atoms with Crippen LogP contribution in [-0.4, -0.2) is 32.3 Å². The summed E-state index contributed by atoms with van der Waals surface area (Å²) in [5.41, 5.74) is 1.09. The lowest BCUT2D eigenvalue weighted by molar-refractivity contribution is 0.0694. The first-order valence-electron chi connectivity index (χ1n) is 6.92. The monoisotopic (exact) mass is 372 g/mol. The molecular weight excluding hydrogens is 356 g/mol. The van der Waals surface area contributed by atoms with Crippen molar-refractivity contribution in [2.24, 2.45) is 5.92 Å². The van der Waals surface area contributed by atoms with Gasteiger partial charge in [-0.1, -0.05) is 15.9 Å². The number of halogens is 1. The zero-order valence-electron chi connectivity index (χ0n) is 11.9. The van der Waals surface area contributed by atoms with Crippen LogP contribution in [0.15, 0.2) is 21.5 Å². The van der Waals surface area contributed by atoms with E-state index in [9.17, 15) is 13.2 Å². The molecule has 0 spiro atoms. The molecule has 5 nitrogen and oxygen atoms in total. The van der Waals surface area contributed by atoms with Crippen molar-refractivity contribution >= 4 is 31.9 Å². The van der Waals surface area contributed by atoms with Crippen molar-refractivity contribution < 1.29 is 13.2 Å². The fourth-order valence-electron chi connectivity index (χ4n) is 2.89. The molecule has 0 saturated heterocycles. The summed E-state index contributed by atoms with van der Waals surface area (Å²) >= 11 is 3.33. The summed E-state index contributed by atoms with van der Waals surface area (Å²) in [6, 6.07) is 3.49. The zero-order valence-corrected chi connectivity index (χ0v) is 14.3. The quantitative estimate of drug-likeness (QED) is 0.879. The van der Waals surface area contributed by atoms with Gasteiger partial charge in [0, 0.05) is 17.1 Å². The maximum atomic E-state index is 12.7. The first-order chi connectivity index (χ1) is 9.85. The van der Waals surface area contributed by atoms with Gasteiger partial charge in [-0.25, -0.2) is 13.1 Å². The first kappa shape index (κ1) is 15.0. The summed E-state index contributed by atoms with van der Waals surface area (Å²) in [6.45, 7) is 2.53. The van der Waals surface area contributed by atoms with Gasteiger partial charge in [0.05, 0.1) is 10.5 Å². The molecule has 1 saturated carbocycles. The van der Waals surface area contributed by atoms with Gasteiger partial charge in [0.25, 0.3) is 5.91 Å². The van der Waals surface area contributed by atoms with E-state index in [0.29, 0.717) is 22.5 Å². The van der Waals surface area contributed by atoms with Crippen molar-refractivity contribution in [2.75, 3.05) is 7.05 Å². The second-order valence-electron chi connectivity index (χ2n) is 5.66. The van der Waals surface area contributed by atoms with Crippen molar-refractivity contribution in [2.45, 2.75) is 37.2 Å². The molecule has 0 radical (unpaired) electrons. The van der Waals surface area contributed by atoms with E-state index in [1.54, 1.807) is 4.90 Å². The van der Waals surface area contributed by atoms with Gasteiger partial charge in [0.2, 0.25) is 10.0 Å². The van der Waals surface area contributed by atoms with Crippen LogP contribution in [-0.2, 0) is 16.6 Å². The molecular formula is C14H17BrN2O3S. The number of amides is 1. The van der Waals surface area contributed by atoms with Gasteiger partial charge >= 0.3 is 0 Å². The van der Waals surface area contributed by atoms with Gasteiger partial charge < -0.3 is 4.90 Å². The molecule has 0 aromatic heterocycles. The lowest BCUT2D eigenvalue weighted by atomic mass is 10.1. The largest absolute Gasteiger partial charge is 0.331 e. The van der Waals surface area contributed by atoms with Crippen LogP contribution in [0.1, 0.15) is 35.7 Å². The predicted molar refractivity (Wildman–Crippen MR) is 82.4 cm³/mol. The molecule has 1 heterocycles. The molecule has 1 aromatic carbocycles. The fraction of sp³-hybridized carbons (Fsp3) is 0.500. The minimum atomic E-state index is -3.66. The summed E-state index contributed by atoms with van der Waals surface area (Å²) < 4.78 is 27.3. The Morgan fingerprint density at radius 2 is 2.05 bits per heavy atom. The van der Waals surface area contributed by atoms with Crippen LogP contribution in [0.25, 0.3) is 0 Å². The van der Waals surface area contributed by atoms with E-state index in [0.717, 1.165) is 18.4 Å². The molecule has 21 heavy (non-hydrogen) atoms. The number of carbonyl (C=O) groups is 1. The molecule has 1 N–H and O–H groups in total. The number of carbonyl (C=O) groups excluding carboxylic acids is 1. The minimum Gasteiger partial charge on any atom is -0.331 e. The Balaban J connectivity index is 2.08. The maximum absolute atomic E-state index is 12.7. The van der Waals surface area contributed by atoms with Gasteiger partial charge in [0.15, 0.2) is 0 Å². The minimum absolute atomic E-state index is 0.0601. The molecule has 3 rings (SSSR count). The van der Waals surface area contributed by atoms with E-state index in [1.807, 2.05) is 13.0 Å². The average Bonchev–Trinajstić information content (AvgIpc) is 3.22. The Hall–Kier alpha value is -0.920. The fourth-order valence-corrected chi connectivity index (χ4v) is 4.53. The third-order valence-corrected chi connectivity index (χ3v) is 6.21.